The molecule has 6 heteroatoms. The second-order valence-corrected chi connectivity index (χ2v) is 8.22. The fraction of sp³-hybridized carbons (Fsp3) is 0.364. The molecule has 0 radical (unpaired) electrons. The molecule has 1 aliphatic heterocycles. The summed E-state index contributed by atoms with van der Waals surface area (Å²) in [5, 5.41) is 13.2. The van der Waals surface area contributed by atoms with E-state index in [0.717, 1.165) is 54.6 Å². The van der Waals surface area contributed by atoms with Gasteiger partial charge in [0.25, 0.3) is 0 Å². The van der Waals surface area contributed by atoms with Crippen molar-refractivity contribution >= 4 is 11.6 Å². The zero-order chi connectivity index (χ0) is 19.1. The van der Waals surface area contributed by atoms with Crippen LogP contribution in [0.25, 0.3) is 5.69 Å². The van der Waals surface area contributed by atoms with Crippen molar-refractivity contribution in [2.24, 2.45) is 0 Å². The van der Waals surface area contributed by atoms with Gasteiger partial charge in [-0.3, -0.25) is 4.57 Å². The quantitative estimate of drug-likeness (QED) is 0.655. The summed E-state index contributed by atoms with van der Waals surface area (Å²) in [4.78, 5) is 0. The van der Waals surface area contributed by atoms with E-state index in [0.29, 0.717) is 18.4 Å². The summed E-state index contributed by atoms with van der Waals surface area (Å²) in [7, 11) is 0. The zero-order valence-electron chi connectivity index (χ0n) is 15.5. The molecule has 1 aromatic heterocycles. The van der Waals surface area contributed by atoms with Gasteiger partial charge in [-0.15, -0.1) is 10.2 Å². The molecular weight excluding hydrogens is 375 g/mol. The van der Waals surface area contributed by atoms with Gasteiger partial charge in [0.2, 0.25) is 0 Å². The van der Waals surface area contributed by atoms with Gasteiger partial charge in [-0.2, -0.15) is 0 Å². The first-order valence-corrected chi connectivity index (χ1v) is 10.3. The summed E-state index contributed by atoms with van der Waals surface area (Å²) in [6.07, 6.45) is 4.31. The number of hydrogen-bond acceptors (Lipinski definition) is 3. The van der Waals surface area contributed by atoms with Crippen LogP contribution in [0.4, 0.5) is 4.39 Å². The molecule has 0 unspecified atom stereocenters. The van der Waals surface area contributed by atoms with Gasteiger partial charge in [-0.05, 0) is 73.1 Å². The largest absolute Gasteiger partial charge is 0.306 e. The lowest BCUT2D eigenvalue weighted by Crippen LogP contribution is -2.17. The second kappa shape index (κ2) is 7.30. The molecule has 2 aromatic carbocycles. The number of nitrogens with one attached hydrogen (secondary N) is 1. The minimum Gasteiger partial charge on any atom is -0.306 e. The molecule has 3 aromatic rings. The van der Waals surface area contributed by atoms with Crippen LogP contribution < -0.4 is 5.32 Å². The molecule has 0 spiro atoms. The van der Waals surface area contributed by atoms with Gasteiger partial charge < -0.3 is 5.32 Å². The maximum Gasteiger partial charge on any atom is 0.151 e. The van der Waals surface area contributed by atoms with Crippen LogP contribution in [0.15, 0.2) is 42.5 Å². The molecule has 0 saturated heterocycles. The lowest BCUT2D eigenvalue weighted by molar-refractivity contribution is 0.382. The molecule has 2 heterocycles. The second-order valence-electron chi connectivity index (χ2n) is 7.79. The van der Waals surface area contributed by atoms with E-state index in [1.54, 1.807) is 12.1 Å². The summed E-state index contributed by atoms with van der Waals surface area (Å²) in [6.45, 7) is 1.47. The Morgan fingerprint density at radius 1 is 0.929 bits per heavy atom. The molecule has 2 aliphatic rings. The first kappa shape index (κ1) is 17.8. The van der Waals surface area contributed by atoms with Gasteiger partial charge in [0, 0.05) is 17.5 Å². The van der Waals surface area contributed by atoms with E-state index in [2.05, 4.69) is 26.1 Å². The van der Waals surface area contributed by atoms with E-state index in [1.165, 1.54) is 11.1 Å². The Kier molecular flexibility index (Phi) is 4.65. The number of hydrogen-bond donors (Lipinski definition) is 1. The van der Waals surface area contributed by atoms with E-state index in [9.17, 15) is 4.39 Å². The van der Waals surface area contributed by atoms with Crippen LogP contribution in [0.2, 0.25) is 5.02 Å². The van der Waals surface area contributed by atoms with Crippen molar-refractivity contribution in [3.05, 3.63) is 76.1 Å². The fourth-order valence-electron chi connectivity index (χ4n) is 4.61. The smallest absolute Gasteiger partial charge is 0.151 e. The monoisotopic (exact) mass is 396 g/mol. The summed E-state index contributed by atoms with van der Waals surface area (Å²) in [5.74, 6) is 2.73. The van der Waals surface area contributed by atoms with E-state index in [-0.39, 0.29) is 5.82 Å². The third kappa shape index (κ3) is 3.23. The normalized spacial score (nSPS) is 21.6. The SMILES string of the molecule is Fc1ccc([C@H]2CC[C@@H](c3nnc4n3-c3ccc(Cl)cc3CNC4)CC2)cc1. The molecule has 5 rings (SSSR count). The molecule has 1 aliphatic carbocycles. The molecule has 0 atom stereocenters. The van der Waals surface area contributed by atoms with Gasteiger partial charge in [-0.1, -0.05) is 23.7 Å². The van der Waals surface area contributed by atoms with Crippen molar-refractivity contribution in [3.8, 4) is 5.69 Å². The predicted molar refractivity (Wildman–Crippen MR) is 107 cm³/mol. The van der Waals surface area contributed by atoms with Crippen molar-refractivity contribution in [3.63, 3.8) is 0 Å². The number of halogens is 2. The molecule has 4 nitrogen and oxygen atoms in total. The first-order chi connectivity index (χ1) is 13.7. The van der Waals surface area contributed by atoms with Gasteiger partial charge in [0.05, 0.1) is 12.2 Å². The molecule has 1 saturated carbocycles. The molecule has 0 amide bonds. The Morgan fingerprint density at radius 2 is 1.68 bits per heavy atom. The van der Waals surface area contributed by atoms with Crippen molar-refractivity contribution in [2.45, 2.75) is 50.6 Å². The minimum absolute atomic E-state index is 0.170. The Labute approximate surface area is 168 Å². The van der Waals surface area contributed by atoms with Crippen LogP contribution >= 0.6 is 11.6 Å². The standard InChI is InChI=1S/C22H22ClFN4/c23-18-7-10-20-17(11-18)12-25-13-21-26-27-22(28(20)21)16-3-1-14(2-4-16)15-5-8-19(24)9-6-15/h5-11,14,16,25H,1-4,12-13H2/t14-,16+. The number of benzene rings is 2. The van der Waals surface area contributed by atoms with E-state index < -0.39 is 0 Å². The lowest BCUT2D eigenvalue weighted by atomic mass is 9.78. The number of rotatable bonds is 2. The topological polar surface area (TPSA) is 42.7 Å². The summed E-state index contributed by atoms with van der Waals surface area (Å²) in [6, 6.07) is 13.0. The van der Waals surface area contributed by atoms with E-state index in [4.69, 9.17) is 11.6 Å². The Morgan fingerprint density at radius 3 is 2.46 bits per heavy atom. The van der Waals surface area contributed by atoms with Crippen molar-refractivity contribution in [1.82, 2.24) is 20.1 Å². The highest BCUT2D eigenvalue weighted by Crippen LogP contribution is 2.41. The highest BCUT2D eigenvalue weighted by Gasteiger charge is 2.29. The number of aromatic nitrogens is 3. The zero-order valence-corrected chi connectivity index (χ0v) is 16.3. The van der Waals surface area contributed by atoms with Gasteiger partial charge in [0.15, 0.2) is 5.82 Å². The first-order valence-electron chi connectivity index (χ1n) is 9.88. The third-order valence-corrected chi connectivity index (χ3v) is 6.30. The maximum absolute atomic E-state index is 13.2. The predicted octanol–water partition coefficient (Wildman–Crippen LogP) is 5.10. The Hall–Kier alpha value is -2.24. The highest BCUT2D eigenvalue weighted by molar-refractivity contribution is 6.30. The van der Waals surface area contributed by atoms with Crippen LogP contribution in [-0.4, -0.2) is 14.8 Å². The molecule has 0 bridgehead atoms. The van der Waals surface area contributed by atoms with Crippen molar-refractivity contribution in [2.75, 3.05) is 0 Å². The minimum atomic E-state index is -0.170. The third-order valence-electron chi connectivity index (χ3n) is 6.07. The van der Waals surface area contributed by atoms with E-state index >= 15 is 0 Å². The molecule has 1 N–H and O–H groups in total. The van der Waals surface area contributed by atoms with Crippen LogP contribution in [-0.2, 0) is 13.1 Å². The number of fused-ring (bicyclic) bond motifs is 3. The van der Waals surface area contributed by atoms with E-state index in [1.807, 2.05) is 24.3 Å². The van der Waals surface area contributed by atoms with Crippen LogP contribution in [0.5, 0.6) is 0 Å². The van der Waals surface area contributed by atoms with Crippen molar-refractivity contribution < 1.29 is 4.39 Å². The Bertz CT molecular complexity index is 990. The molecule has 1 fully saturated rings. The fourth-order valence-corrected chi connectivity index (χ4v) is 4.81. The summed E-state index contributed by atoms with van der Waals surface area (Å²) in [5.41, 5.74) is 3.54. The molecular formula is C22H22ClFN4. The molecule has 144 valence electrons. The summed E-state index contributed by atoms with van der Waals surface area (Å²) >= 11 is 6.21. The van der Waals surface area contributed by atoms with Gasteiger partial charge >= 0.3 is 0 Å². The lowest BCUT2D eigenvalue weighted by Gasteiger charge is -2.28. The summed E-state index contributed by atoms with van der Waals surface area (Å²) < 4.78 is 15.4. The maximum atomic E-state index is 13.2. The molecule has 28 heavy (non-hydrogen) atoms. The highest BCUT2D eigenvalue weighted by atomic mass is 35.5. The Balaban J connectivity index is 1.41. The average Bonchev–Trinajstić information content (AvgIpc) is 3.04. The van der Waals surface area contributed by atoms with Crippen LogP contribution in [0.1, 0.15) is 60.3 Å². The van der Waals surface area contributed by atoms with Crippen LogP contribution in [0, 0.1) is 5.82 Å². The van der Waals surface area contributed by atoms with Gasteiger partial charge in [-0.25, -0.2) is 4.39 Å². The van der Waals surface area contributed by atoms with Crippen LogP contribution in [0.3, 0.4) is 0 Å². The van der Waals surface area contributed by atoms with Gasteiger partial charge in [0.1, 0.15) is 11.6 Å². The average molecular weight is 397 g/mol. The number of nitrogens with zero attached hydrogens (tertiary/aromatic N) is 3. The van der Waals surface area contributed by atoms with Crippen molar-refractivity contribution in [1.29, 1.82) is 0 Å².